The second-order valence-corrected chi connectivity index (χ2v) is 4.61. The number of fused-ring (bicyclic) bond motifs is 1. The molecule has 0 aliphatic heterocycles. The Bertz CT molecular complexity index is 678. The van der Waals surface area contributed by atoms with E-state index in [9.17, 15) is 9.59 Å². The van der Waals surface area contributed by atoms with Crippen LogP contribution in [0.2, 0.25) is 0 Å². The van der Waals surface area contributed by atoms with Gasteiger partial charge in [-0.1, -0.05) is 6.92 Å². The highest BCUT2D eigenvalue weighted by Gasteiger charge is 2.21. The van der Waals surface area contributed by atoms with E-state index < -0.39 is 17.9 Å². The van der Waals surface area contributed by atoms with Crippen LogP contribution in [0.1, 0.15) is 35.1 Å². The van der Waals surface area contributed by atoms with Crippen molar-refractivity contribution < 1.29 is 14.7 Å². The normalized spacial score (nSPS) is 12.3. The van der Waals surface area contributed by atoms with E-state index in [4.69, 9.17) is 5.11 Å². The van der Waals surface area contributed by atoms with Crippen LogP contribution in [0.4, 0.5) is 0 Å². The SMILES string of the molecule is CCC(NC(=O)c1cnn2c(C)cc(C)nc12)C(=O)O. The quantitative estimate of drug-likeness (QED) is 0.866. The lowest BCUT2D eigenvalue weighted by Gasteiger charge is -2.11. The van der Waals surface area contributed by atoms with Gasteiger partial charge in [0.1, 0.15) is 11.6 Å². The largest absolute Gasteiger partial charge is 0.480 e. The minimum absolute atomic E-state index is 0.275. The highest BCUT2D eigenvalue weighted by atomic mass is 16.4. The van der Waals surface area contributed by atoms with Crippen LogP contribution in [0, 0.1) is 13.8 Å². The summed E-state index contributed by atoms with van der Waals surface area (Å²) >= 11 is 0. The molecule has 2 rings (SSSR count). The summed E-state index contributed by atoms with van der Waals surface area (Å²) in [4.78, 5) is 27.4. The van der Waals surface area contributed by atoms with Crippen molar-refractivity contribution in [1.82, 2.24) is 19.9 Å². The number of amides is 1. The molecule has 7 nitrogen and oxygen atoms in total. The molecule has 0 fully saturated rings. The number of aromatic nitrogens is 3. The van der Waals surface area contributed by atoms with E-state index in [0.717, 1.165) is 11.4 Å². The van der Waals surface area contributed by atoms with Crippen LogP contribution in [-0.2, 0) is 4.79 Å². The molecule has 1 unspecified atom stereocenters. The summed E-state index contributed by atoms with van der Waals surface area (Å²) in [5.41, 5.74) is 2.34. The zero-order chi connectivity index (χ0) is 14.9. The zero-order valence-corrected chi connectivity index (χ0v) is 11.5. The third kappa shape index (κ3) is 2.47. The van der Waals surface area contributed by atoms with E-state index >= 15 is 0 Å². The zero-order valence-electron chi connectivity index (χ0n) is 11.5. The van der Waals surface area contributed by atoms with Gasteiger partial charge in [-0.05, 0) is 26.3 Å². The molecule has 1 amide bonds. The number of hydrogen-bond acceptors (Lipinski definition) is 4. The number of rotatable bonds is 4. The smallest absolute Gasteiger partial charge is 0.326 e. The number of aliphatic carboxylic acids is 1. The predicted molar refractivity (Wildman–Crippen MR) is 71.6 cm³/mol. The molecule has 2 aromatic heterocycles. The number of carbonyl (C=O) groups is 2. The van der Waals surface area contributed by atoms with Crippen LogP contribution in [-0.4, -0.2) is 37.6 Å². The highest BCUT2D eigenvalue weighted by Crippen LogP contribution is 2.12. The lowest BCUT2D eigenvalue weighted by atomic mass is 10.2. The summed E-state index contributed by atoms with van der Waals surface area (Å²) in [6.45, 7) is 5.39. The van der Waals surface area contributed by atoms with E-state index in [1.54, 1.807) is 11.4 Å². The molecule has 2 N–H and O–H groups in total. The van der Waals surface area contributed by atoms with Crippen molar-refractivity contribution in [3.05, 3.63) is 29.2 Å². The predicted octanol–water partition coefficient (Wildman–Crippen LogP) is 0.939. The Balaban J connectivity index is 2.38. The van der Waals surface area contributed by atoms with Crippen LogP contribution in [0.3, 0.4) is 0 Å². The molecule has 0 spiro atoms. The van der Waals surface area contributed by atoms with Gasteiger partial charge in [-0.3, -0.25) is 4.79 Å². The van der Waals surface area contributed by atoms with Gasteiger partial charge in [-0.2, -0.15) is 5.10 Å². The molecular weight excluding hydrogens is 260 g/mol. The number of aryl methyl sites for hydroxylation is 2. The van der Waals surface area contributed by atoms with Crippen molar-refractivity contribution in [3.63, 3.8) is 0 Å². The van der Waals surface area contributed by atoms with Crippen molar-refractivity contribution in [2.24, 2.45) is 0 Å². The summed E-state index contributed by atoms with van der Waals surface area (Å²) in [6.07, 6.45) is 1.71. The Labute approximate surface area is 115 Å². The van der Waals surface area contributed by atoms with Crippen LogP contribution in [0.25, 0.3) is 5.65 Å². The first-order chi connectivity index (χ1) is 9.43. The minimum atomic E-state index is -1.06. The molecule has 0 saturated heterocycles. The molecule has 0 radical (unpaired) electrons. The van der Waals surface area contributed by atoms with E-state index in [-0.39, 0.29) is 5.56 Å². The minimum Gasteiger partial charge on any atom is -0.480 e. The molecule has 0 saturated carbocycles. The summed E-state index contributed by atoms with van der Waals surface area (Å²) in [5, 5.41) is 15.5. The van der Waals surface area contributed by atoms with E-state index in [2.05, 4.69) is 15.4 Å². The maximum absolute atomic E-state index is 12.1. The van der Waals surface area contributed by atoms with Crippen LogP contribution in [0.5, 0.6) is 0 Å². The van der Waals surface area contributed by atoms with Crippen molar-refractivity contribution in [2.75, 3.05) is 0 Å². The Morgan fingerprint density at radius 2 is 2.15 bits per heavy atom. The monoisotopic (exact) mass is 276 g/mol. The van der Waals surface area contributed by atoms with Crippen molar-refractivity contribution in [2.45, 2.75) is 33.2 Å². The number of hydrogen-bond donors (Lipinski definition) is 2. The fourth-order valence-corrected chi connectivity index (χ4v) is 2.01. The molecular formula is C13H16N4O3. The molecule has 106 valence electrons. The fraction of sp³-hybridized carbons (Fsp3) is 0.385. The average Bonchev–Trinajstić information content (AvgIpc) is 2.79. The average molecular weight is 276 g/mol. The lowest BCUT2D eigenvalue weighted by Crippen LogP contribution is -2.40. The highest BCUT2D eigenvalue weighted by molar-refractivity contribution is 6.01. The van der Waals surface area contributed by atoms with Gasteiger partial charge in [0.2, 0.25) is 0 Å². The molecule has 0 aliphatic carbocycles. The summed E-state index contributed by atoms with van der Waals surface area (Å²) < 4.78 is 1.56. The number of nitrogens with zero attached hydrogens (tertiary/aromatic N) is 3. The first kappa shape index (κ1) is 14.0. The molecule has 2 heterocycles. The molecule has 0 aliphatic rings. The lowest BCUT2D eigenvalue weighted by molar-refractivity contribution is -0.139. The van der Waals surface area contributed by atoms with E-state index in [1.807, 2.05) is 19.9 Å². The molecule has 7 heteroatoms. The second kappa shape index (κ2) is 5.28. The van der Waals surface area contributed by atoms with Gasteiger partial charge in [0.05, 0.1) is 6.20 Å². The maximum atomic E-state index is 12.1. The van der Waals surface area contributed by atoms with Gasteiger partial charge in [0.15, 0.2) is 5.65 Å². The number of nitrogens with one attached hydrogen (secondary N) is 1. The number of carboxylic acids is 1. The van der Waals surface area contributed by atoms with Crippen LogP contribution in [0.15, 0.2) is 12.3 Å². The molecule has 1 atom stereocenters. The van der Waals surface area contributed by atoms with Gasteiger partial charge in [-0.25, -0.2) is 14.3 Å². The van der Waals surface area contributed by atoms with Crippen LogP contribution >= 0.6 is 0 Å². The number of carboxylic acid groups (broad SMARTS) is 1. The second-order valence-electron chi connectivity index (χ2n) is 4.61. The van der Waals surface area contributed by atoms with E-state index in [1.165, 1.54) is 6.20 Å². The third-order valence-corrected chi connectivity index (χ3v) is 3.03. The topological polar surface area (TPSA) is 96.6 Å². The van der Waals surface area contributed by atoms with Crippen molar-refractivity contribution in [1.29, 1.82) is 0 Å². The van der Waals surface area contributed by atoms with E-state index in [0.29, 0.717) is 12.1 Å². The molecule has 20 heavy (non-hydrogen) atoms. The summed E-state index contributed by atoms with van der Waals surface area (Å²) in [7, 11) is 0. The van der Waals surface area contributed by atoms with Gasteiger partial charge in [-0.15, -0.1) is 0 Å². The first-order valence-corrected chi connectivity index (χ1v) is 6.29. The Morgan fingerprint density at radius 1 is 1.45 bits per heavy atom. The van der Waals surface area contributed by atoms with Gasteiger partial charge < -0.3 is 10.4 Å². The Hall–Kier alpha value is -2.44. The van der Waals surface area contributed by atoms with Crippen molar-refractivity contribution in [3.8, 4) is 0 Å². The Morgan fingerprint density at radius 3 is 2.75 bits per heavy atom. The Kier molecular flexibility index (Phi) is 3.69. The van der Waals surface area contributed by atoms with Crippen molar-refractivity contribution >= 4 is 17.5 Å². The van der Waals surface area contributed by atoms with Gasteiger partial charge in [0, 0.05) is 11.4 Å². The molecule has 0 bridgehead atoms. The van der Waals surface area contributed by atoms with Gasteiger partial charge >= 0.3 is 5.97 Å². The molecule has 0 aromatic carbocycles. The maximum Gasteiger partial charge on any atom is 0.326 e. The van der Waals surface area contributed by atoms with Crippen LogP contribution < -0.4 is 5.32 Å². The molecule has 2 aromatic rings. The third-order valence-electron chi connectivity index (χ3n) is 3.03. The fourth-order valence-electron chi connectivity index (χ4n) is 2.01. The first-order valence-electron chi connectivity index (χ1n) is 6.29. The number of carbonyl (C=O) groups excluding carboxylic acids is 1. The summed E-state index contributed by atoms with van der Waals surface area (Å²) in [6, 6.07) is 0.941. The summed E-state index contributed by atoms with van der Waals surface area (Å²) in [5.74, 6) is -1.54. The standard InChI is InChI=1S/C13H16N4O3/c1-4-10(13(19)20)16-12(18)9-6-14-17-8(3)5-7(2)15-11(9)17/h5-6,10H,4H2,1-3H3,(H,16,18)(H,19,20). The van der Waals surface area contributed by atoms with Gasteiger partial charge in [0.25, 0.3) is 5.91 Å².